The summed E-state index contributed by atoms with van der Waals surface area (Å²) < 4.78 is 26.2. The van der Waals surface area contributed by atoms with Crippen LogP contribution in [0.1, 0.15) is 6.42 Å². The molecule has 0 aromatic rings. The number of aliphatic carboxylic acids is 1. The first kappa shape index (κ1) is 14.7. The number of hydrogen-bond donors (Lipinski definition) is 4. The number of hydrogen-bond acceptors (Lipinski definition) is 5. The quantitative estimate of drug-likeness (QED) is 0.450. The van der Waals surface area contributed by atoms with Crippen molar-refractivity contribution >= 4 is 22.0 Å². The maximum atomic E-state index is 11.4. The molecule has 0 spiro atoms. The molecule has 1 unspecified atom stereocenters. The Balaban J connectivity index is 2.46. The highest BCUT2D eigenvalue weighted by Gasteiger charge is 2.43. The lowest BCUT2D eigenvalue weighted by atomic mass is 9.99. The third kappa shape index (κ3) is 4.13. The Kier molecular flexibility index (Phi) is 4.48. The van der Waals surface area contributed by atoms with E-state index < -0.39 is 33.3 Å². The molecule has 5 N–H and O–H groups in total. The van der Waals surface area contributed by atoms with E-state index in [2.05, 4.69) is 10.6 Å². The second kappa shape index (κ2) is 5.50. The van der Waals surface area contributed by atoms with Crippen molar-refractivity contribution in [3.05, 3.63) is 0 Å². The molecular weight excluding hydrogens is 266 g/mol. The van der Waals surface area contributed by atoms with Crippen LogP contribution >= 0.6 is 0 Å². The number of carboxylic acid groups (broad SMARTS) is 1. The minimum atomic E-state index is -3.66. The van der Waals surface area contributed by atoms with E-state index in [1.54, 1.807) is 0 Å². The SMILES string of the molecule is NS(=O)(=O)CCNC(=O)NC1(C(=O)O)CCOC1. The zero-order valence-corrected chi connectivity index (χ0v) is 10.3. The first-order valence-corrected chi connectivity index (χ1v) is 6.84. The van der Waals surface area contributed by atoms with Crippen molar-refractivity contribution in [2.75, 3.05) is 25.5 Å². The number of carboxylic acids is 1. The van der Waals surface area contributed by atoms with Gasteiger partial charge in [-0.2, -0.15) is 0 Å². The van der Waals surface area contributed by atoms with Gasteiger partial charge in [0.25, 0.3) is 0 Å². The molecule has 0 bridgehead atoms. The summed E-state index contributed by atoms with van der Waals surface area (Å²) in [6.07, 6.45) is 0.158. The zero-order chi connectivity index (χ0) is 13.8. The van der Waals surface area contributed by atoms with E-state index in [1.165, 1.54) is 0 Å². The van der Waals surface area contributed by atoms with Gasteiger partial charge in [-0.15, -0.1) is 0 Å². The Hall–Kier alpha value is -1.39. The summed E-state index contributed by atoms with van der Waals surface area (Å²) in [7, 11) is -3.66. The van der Waals surface area contributed by atoms with Crippen molar-refractivity contribution in [3.8, 4) is 0 Å². The lowest BCUT2D eigenvalue weighted by Gasteiger charge is -2.23. The largest absolute Gasteiger partial charge is 0.479 e. The molecule has 1 saturated heterocycles. The monoisotopic (exact) mass is 281 g/mol. The van der Waals surface area contributed by atoms with Gasteiger partial charge in [0.1, 0.15) is 0 Å². The lowest BCUT2D eigenvalue weighted by Crippen LogP contribution is -2.58. The van der Waals surface area contributed by atoms with E-state index in [4.69, 9.17) is 15.0 Å². The van der Waals surface area contributed by atoms with Gasteiger partial charge in [-0.25, -0.2) is 23.1 Å². The third-order valence-electron chi connectivity index (χ3n) is 2.46. The van der Waals surface area contributed by atoms with Gasteiger partial charge in [0.2, 0.25) is 10.0 Å². The molecule has 1 heterocycles. The van der Waals surface area contributed by atoms with Crippen LogP contribution in [-0.4, -0.2) is 56.6 Å². The predicted octanol–water partition coefficient (Wildman–Crippen LogP) is -2.18. The molecule has 0 aromatic heterocycles. The van der Waals surface area contributed by atoms with Crippen LogP contribution in [0.5, 0.6) is 0 Å². The molecule has 0 aromatic carbocycles. The molecule has 18 heavy (non-hydrogen) atoms. The number of primary sulfonamides is 1. The minimum Gasteiger partial charge on any atom is -0.479 e. The molecule has 1 aliphatic rings. The topological polar surface area (TPSA) is 148 Å². The number of ether oxygens (including phenoxy) is 1. The molecule has 2 amide bonds. The molecule has 1 rings (SSSR count). The highest BCUT2D eigenvalue weighted by molar-refractivity contribution is 7.89. The molecular formula is C8H15N3O6S. The molecule has 1 atom stereocenters. The van der Waals surface area contributed by atoms with Crippen LogP contribution < -0.4 is 15.8 Å². The molecule has 10 heteroatoms. The highest BCUT2D eigenvalue weighted by atomic mass is 32.2. The van der Waals surface area contributed by atoms with Crippen molar-refractivity contribution in [1.82, 2.24) is 10.6 Å². The van der Waals surface area contributed by atoms with E-state index in [9.17, 15) is 18.0 Å². The number of rotatable bonds is 5. The second-order valence-electron chi connectivity index (χ2n) is 3.94. The van der Waals surface area contributed by atoms with Gasteiger partial charge in [0, 0.05) is 19.6 Å². The van der Waals surface area contributed by atoms with Crippen LogP contribution in [0.15, 0.2) is 0 Å². The Morgan fingerprint density at radius 2 is 2.11 bits per heavy atom. The fraction of sp³-hybridized carbons (Fsp3) is 0.750. The first-order valence-electron chi connectivity index (χ1n) is 5.13. The number of nitrogens with two attached hydrogens (primary N) is 1. The maximum Gasteiger partial charge on any atom is 0.332 e. The number of amides is 2. The molecule has 1 aliphatic heterocycles. The van der Waals surface area contributed by atoms with Gasteiger partial charge in [0.15, 0.2) is 5.54 Å². The molecule has 104 valence electrons. The highest BCUT2D eigenvalue weighted by Crippen LogP contribution is 2.18. The van der Waals surface area contributed by atoms with Gasteiger partial charge < -0.3 is 20.5 Å². The minimum absolute atomic E-state index is 0.120. The Morgan fingerprint density at radius 3 is 2.56 bits per heavy atom. The molecule has 0 saturated carbocycles. The molecule has 0 aliphatic carbocycles. The van der Waals surface area contributed by atoms with Gasteiger partial charge in [-0.3, -0.25) is 0 Å². The number of nitrogens with one attached hydrogen (secondary N) is 2. The van der Waals surface area contributed by atoms with Gasteiger partial charge in [-0.05, 0) is 0 Å². The summed E-state index contributed by atoms with van der Waals surface area (Å²) in [5.74, 6) is -1.61. The van der Waals surface area contributed by atoms with Crippen molar-refractivity contribution < 1.29 is 27.9 Å². The molecule has 9 nitrogen and oxygen atoms in total. The normalized spacial score (nSPS) is 23.6. The van der Waals surface area contributed by atoms with E-state index in [1.807, 2.05) is 0 Å². The van der Waals surface area contributed by atoms with Gasteiger partial charge in [0.05, 0.1) is 12.4 Å². The van der Waals surface area contributed by atoms with E-state index >= 15 is 0 Å². The Bertz CT molecular complexity index is 428. The fourth-order valence-electron chi connectivity index (χ4n) is 1.45. The first-order chi connectivity index (χ1) is 8.25. The summed E-state index contributed by atoms with van der Waals surface area (Å²) in [5, 5.41) is 18.3. The average molecular weight is 281 g/mol. The maximum absolute atomic E-state index is 11.4. The van der Waals surface area contributed by atoms with Crippen LogP contribution in [0.3, 0.4) is 0 Å². The standard InChI is InChI=1S/C8H15N3O6S/c9-18(15,16)4-2-10-7(14)11-8(6(12)13)1-3-17-5-8/h1-5H2,(H,12,13)(H2,9,15,16)(H2,10,11,14). The Labute approximate surface area is 104 Å². The van der Waals surface area contributed by atoms with Gasteiger partial charge >= 0.3 is 12.0 Å². The third-order valence-corrected chi connectivity index (χ3v) is 3.23. The van der Waals surface area contributed by atoms with Crippen molar-refractivity contribution in [2.45, 2.75) is 12.0 Å². The number of urea groups is 1. The van der Waals surface area contributed by atoms with Crippen LogP contribution in [0.4, 0.5) is 4.79 Å². The van der Waals surface area contributed by atoms with E-state index in [0.717, 1.165) is 0 Å². The molecule has 1 fully saturated rings. The van der Waals surface area contributed by atoms with Crippen LogP contribution in [0.25, 0.3) is 0 Å². The van der Waals surface area contributed by atoms with E-state index in [-0.39, 0.29) is 26.2 Å². The van der Waals surface area contributed by atoms with Crippen molar-refractivity contribution in [1.29, 1.82) is 0 Å². The fourth-order valence-corrected chi connectivity index (χ4v) is 1.84. The molecule has 0 radical (unpaired) electrons. The van der Waals surface area contributed by atoms with Crippen molar-refractivity contribution in [2.24, 2.45) is 5.14 Å². The number of carbonyl (C=O) groups excluding carboxylic acids is 1. The summed E-state index contributed by atoms with van der Waals surface area (Å²) in [5.41, 5.74) is -1.45. The second-order valence-corrected chi connectivity index (χ2v) is 5.67. The summed E-state index contributed by atoms with van der Waals surface area (Å²) in [6, 6.07) is -0.772. The summed E-state index contributed by atoms with van der Waals surface area (Å²) >= 11 is 0. The van der Waals surface area contributed by atoms with Crippen LogP contribution in [0.2, 0.25) is 0 Å². The Morgan fingerprint density at radius 1 is 1.44 bits per heavy atom. The number of carbonyl (C=O) groups is 2. The average Bonchev–Trinajstić information content (AvgIpc) is 2.65. The van der Waals surface area contributed by atoms with E-state index in [0.29, 0.717) is 0 Å². The van der Waals surface area contributed by atoms with Crippen LogP contribution in [0, 0.1) is 0 Å². The van der Waals surface area contributed by atoms with Gasteiger partial charge in [-0.1, -0.05) is 0 Å². The van der Waals surface area contributed by atoms with Crippen LogP contribution in [-0.2, 0) is 19.6 Å². The smallest absolute Gasteiger partial charge is 0.332 e. The summed E-state index contributed by atoms with van der Waals surface area (Å²) in [4.78, 5) is 22.5. The zero-order valence-electron chi connectivity index (χ0n) is 9.51. The van der Waals surface area contributed by atoms with Crippen molar-refractivity contribution in [3.63, 3.8) is 0 Å². The summed E-state index contributed by atoms with van der Waals surface area (Å²) in [6.45, 7) is -0.0735. The number of sulfonamides is 1. The lowest BCUT2D eigenvalue weighted by molar-refractivity contribution is -0.144. The predicted molar refractivity (Wildman–Crippen MR) is 60.3 cm³/mol.